The van der Waals surface area contributed by atoms with Crippen LogP contribution in [0.5, 0.6) is 0 Å². The third-order valence-electron chi connectivity index (χ3n) is 2.98. The minimum atomic E-state index is -3.53. The number of anilines is 1. The summed E-state index contributed by atoms with van der Waals surface area (Å²) in [5.41, 5.74) is 2.35. The average molecular weight is 296 g/mol. The molecule has 110 valence electrons. The quantitative estimate of drug-likeness (QED) is 0.806. The van der Waals surface area contributed by atoms with Crippen molar-refractivity contribution in [2.45, 2.75) is 13.8 Å². The van der Waals surface area contributed by atoms with Gasteiger partial charge in [0.25, 0.3) is 0 Å². The number of amides is 1. The van der Waals surface area contributed by atoms with Gasteiger partial charge in [0, 0.05) is 6.54 Å². The highest BCUT2D eigenvalue weighted by molar-refractivity contribution is 7.92. The molecule has 1 amide bonds. The zero-order chi connectivity index (χ0) is 15.3. The van der Waals surface area contributed by atoms with Crippen molar-refractivity contribution in [3.63, 3.8) is 0 Å². The predicted molar refractivity (Wildman–Crippen MR) is 81.3 cm³/mol. The Balaban J connectivity index is 3.11. The van der Waals surface area contributed by atoms with Crippen molar-refractivity contribution < 1.29 is 13.2 Å². The number of rotatable bonds is 6. The first-order valence-corrected chi connectivity index (χ1v) is 8.03. The van der Waals surface area contributed by atoms with Gasteiger partial charge in [-0.2, -0.15) is 0 Å². The monoisotopic (exact) mass is 296 g/mol. The van der Waals surface area contributed by atoms with E-state index >= 15 is 0 Å². The Kier molecular flexibility index (Phi) is 5.33. The Hall–Kier alpha value is -1.82. The molecule has 1 aromatic carbocycles. The lowest BCUT2D eigenvalue weighted by Crippen LogP contribution is -2.40. The van der Waals surface area contributed by atoms with Gasteiger partial charge >= 0.3 is 0 Å². The molecule has 0 radical (unpaired) electrons. The van der Waals surface area contributed by atoms with Crippen molar-refractivity contribution in [1.29, 1.82) is 0 Å². The van der Waals surface area contributed by atoms with Gasteiger partial charge in [-0.05, 0) is 31.0 Å². The molecule has 1 rings (SSSR count). The SMILES string of the molecule is C=CCNC(=O)CN(c1cccc(C)c1C)S(C)(=O)=O. The highest BCUT2D eigenvalue weighted by Gasteiger charge is 2.22. The molecule has 0 unspecified atom stereocenters. The van der Waals surface area contributed by atoms with E-state index in [1.54, 1.807) is 18.2 Å². The van der Waals surface area contributed by atoms with Crippen LogP contribution in [0.2, 0.25) is 0 Å². The van der Waals surface area contributed by atoms with Gasteiger partial charge in [-0.3, -0.25) is 9.10 Å². The number of carbonyl (C=O) groups excluding carboxylic acids is 1. The third-order valence-corrected chi connectivity index (χ3v) is 4.10. The van der Waals surface area contributed by atoms with E-state index in [0.717, 1.165) is 21.7 Å². The molecule has 0 saturated carbocycles. The number of benzene rings is 1. The van der Waals surface area contributed by atoms with Crippen LogP contribution >= 0.6 is 0 Å². The van der Waals surface area contributed by atoms with Crippen LogP contribution in [0.3, 0.4) is 0 Å². The summed E-state index contributed by atoms with van der Waals surface area (Å²) in [5, 5.41) is 2.58. The van der Waals surface area contributed by atoms with Crippen LogP contribution in [0, 0.1) is 13.8 Å². The second kappa shape index (κ2) is 6.56. The first kappa shape index (κ1) is 16.2. The zero-order valence-electron chi connectivity index (χ0n) is 12.0. The molecule has 1 N–H and O–H groups in total. The second-order valence-corrected chi connectivity index (χ2v) is 6.49. The maximum atomic E-state index is 11.9. The van der Waals surface area contributed by atoms with Crippen LogP contribution in [0.25, 0.3) is 0 Å². The van der Waals surface area contributed by atoms with Crippen LogP contribution < -0.4 is 9.62 Å². The lowest BCUT2D eigenvalue weighted by Gasteiger charge is -2.24. The number of hydrogen-bond donors (Lipinski definition) is 1. The number of hydrogen-bond acceptors (Lipinski definition) is 3. The van der Waals surface area contributed by atoms with E-state index in [1.807, 2.05) is 19.9 Å². The number of aryl methyl sites for hydroxylation is 1. The van der Waals surface area contributed by atoms with Crippen molar-refractivity contribution in [1.82, 2.24) is 5.32 Å². The number of carbonyl (C=O) groups is 1. The van der Waals surface area contributed by atoms with E-state index < -0.39 is 10.0 Å². The normalized spacial score (nSPS) is 10.9. The summed E-state index contributed by atoms with van der Waals surface area (Å²) in [5.74, 6) is -0.365. The van der Waals surface area contributed by atoms with Gasteiger partial charge < -0.3 is 5.32 Å². The van der Waals surface area contributed by atoms with Crippen LogP contribution in [-0.4, -0.2) is 33.7 Å². The number of nitrogens with zero attached hydrogens (tertiary/aromatic N) is 1. The fourth-order valence-corrected chi connectivity index (χ4v) is 2.67. The number of nitrogens with one attached hydrogen (secondary N) is 1. The Morgan fingerprint density at radius 2 is 2.05 bits per heavy atom. The Morgan fingerprint density at radius 3 is 2.60 bits per heavy atom. The van der Waals surface area contributed by atoms with Crippen LogP contribution in [0.15, 0.2) is 30.9 Å². The van der Waals surface area contributed by atoms with Crippen molar-refractivity contribution >= 4 is 21.6 Å². The molecule has 0 aliphatic carbocycles. The highest BCUT2D eigenvalue weighted by atomic mass is 32.2. The Morgan fingerprint density at radius 1 is 1.40 bits per heavy atom. The number of sulfonamides is 1. The summed E-state index contributed by atoms with van der Waals surface area (Å²) >= 11 is 0. The van der Waals surface area contributed by atoms with Gasteiger partial charge in [-0.15, -0.1) is 6.58 Å². The molecule has 0 saturated heterocycles. The van der Waals surface area contributed by atoms with Gasteiger partial charge in [0.05, 0.1) is 11.9 Å². The molecule has 6 heteroatoms. The molecule has 0 aromatic heterocycles. The lowest BCUT2D eigenvalue weighted by molar-refractivity contribution is -0.119. The van der Waals surface area contributed by atoms with Crippen LogP contribution in [-0.2, 0) is 14.8 Å². The van der Waals surface area contributed by atoms with Gasteiger partial charge in [0.1, 0.15) is 6.54 Å². The second-order valence-electron chi connectivity index (χ2n) is 4.58. The van der Waals surface area contributed by atoms with Gasteiger partial charge in [0.2, 0.25) is 15.9 Å². The predicted octanol–water partition coefficient (Wildman–Crippen LogP) is 1.37. The fraction of sp³-hybridized carbons (Fsp3) is 0.357. The lowest BCUT2D eigenvalue weighted by atomic mass is 10.1. The standard InChI is InChI=1S/C14H20N2O3S/c1-5-9-15-14(17)10-16(20(4,18)19)13-8-6-7-11(2)12(13)3/h5-8H,1,9-10H2,2-4H3,(H,15,17). The highest BCUT2D eigenvalue weighted by Crippen LogP contribution is 2.24. The maximum Gasteiger partial charge on any atom is 0.241 e. The Bertz CT molecular complexity index is 609. The first-order chi connectivity index (χ1) is 9.27. The maximum absolute atomic E-state index is 11.9. The molecule has 0 atom stereocenters. The van der Waals surface area contributed by atoms with Crippen LogP contribution in [0.4, 0.5) is 5.69 Å². The topological polar surface area (TPSA) is 66.5 Å². The molecule has 1 aromatic rings. The molecule has 0 aliphatic heterocycles. The van der Waals surface area contributed by atoms with Gasteiger partial charge in [0.15, 0.2) is 0 Å². The van der Waals surface area contributed by atoms with E-state index in [1.165, 1.54) is 0 Å². The van der Waals surface area contributed by atoms with Crippen LogP contribution in [0.1, 0.15) is 11.1 Å². The molecule has 0 heterocycles. The summed E-state index contributed by atoms with van der Waals surface area (Å²) in [7, 11) is -3.53. The van der Waals surface area contributed by atoms with Crippen molar-refractivity contribution in [2.24, 2.45) is 0 Å². The summed E-state index contributed by atoms with van der Waals surface area (Å²) in [4.78, 5) is 11.8. The summed E-state index contributed by atoms with van der Waals surface area (Å²) in [6.45, 7) is 7.31. The molecule has 0 fully saturated rings. The minimum absolute atomic E-state index is 0.239. The van der Waals surface area contributed by atoms with Crippen molar-refractivity contribution in [3.8, 4) is 0 Å². The average Bonchev–Trinajstić information content (AvgIpc) is 2.36. The van der Waals surface area contributed by atoms with E-state index in [-0.39, 0.29) is 12.5 Å². The minimum Gasteiger partial charge on any atom is -0.351 e. The molecule has 5 nitrogen and oxygen atoms in total. The smallest absolute Gasteiger partial charge is 0.241 e. The third kappa shape index (κ3) is 4.09. The fourth-order valence-electron chi connectivity index (χ4n) is 1.76. The molecular weight excluding hydrogens is 276 g/mol. The summed E-state index contributed by atoms with van der Waals surface area (Å²) < 4.78 is 25.0. The van der Waals surface area contributed by atoms with Crippen molar-refractivity contribution in [3.05, 3.63) is 42.0 Å². The summed E-state index contributed by atoms with van der Waals surface area (Å²) in [6, 6.07) is 5.37. The van der Waals surface area contributed by atoms with E-state index in [4.69, 9.17) is 0 Å². The van der Waals surface area contributed by atoms with E-state index in [0.29, 0.717) is 12.2 Å². The zero-order valence-corrected chi connectivity index (χ0v) is 12.8. The van der Waals surface area contributed by atoms with Gasteiger partial charge in [-0.1, -0.05) is 18.2 Å². The van der Waals surface area contributed by atoms with E-state index in [9.17, 15) is 13.2 Å². The molecular formula is C14H20N2O3S. The Labute approximate surface area is 120 Å². The van der Waals surface area contributed by atoms with E-state index in [2.05, 4.69) is 11.9 Å². The van der Waals surface area contributed by atoms with Crippen molar-refractivity contribution in [2.75, 3.05) is 23.7 Å². The largest absolute Gasteiger partial charge is 0.351 e. The molecule has 20 heavy (non-hydrogen) atoms. The van der Waals surface area contributed by atoms with Gasteiger partial charge in [-0.25, -0.2) is 8.42 Å². The molecule has 0 bridgehead atoms. The molecule has 0 spiro atoms. The molecule has 0 aliphatic rings. The first-order valence-electron chi connectivity index (χ1n) is 6.19. The summed E-state index contributed by atoms with van der Waals surface area (Å²) in [6.07, 6.45) is 2.64.